The van der Waals surface area contributed by atoms with E-state index in [4.69, 9.17) is 0 Å². The van der Waals surface area contributed by atoms with Crippen LogP contribution >= 0.6 is 15.9 Å². The molecule has 0 heterocycles. The Hall–Kier alpha value is 0.220. The summed E-state index contributed by atoms with van der Waals surface area (Å²) in [4.78, 5) is 0.808. The van der Waals surface area contributed by atoms with Crippen LogP contribution in [0.2, 0.25) is 0 Å². The molecule has 0 N–H and O–H groups in total. The largest absolute Gasteiger partial charge is 0.100 e. The molecule has 1 atom stereocenters. The molecule has 1 unspecified atom stereocenters. The Kier molecular flexibility index (Phi) is 4.34. The van der Waals surface area contributed by atoms with E-state index in [1.807, 2.05) is 0 Å². The zero-order valence-corrected chi connectivity index (χ0v) is 9.57. The smallest absolute Gasteiger partial charge is 0.0174 e. The molecule has 1 fully saturated rings. The van der Waals surface area contributed by atoms with Gasteiger partial charge in [0.05, 0.1) is 0 Å². The second-order valence-corrected chi connectivity index (χ2v) is 5.23. The van der Waals surface area contributed by atoms with Gasteiger partial charge in [-0.15, -0.1) is 6.58 Å². The van der Waals surface area contributed by atoms with Crippen molar-refractivity contribution in [3.05, 3.63) is 12.2 Å². The van der Waals surface area contributed by atoms with E-state index < -0.39 is 0 Å². The predicted molar refractivity (Wildman–Crippen MR) is 58.7 cm³/mol. The predicted octanol–water partition coefficient (Wildman–Crippen LogP) is 4.30. The lowest BCUT2D eigenvalue weighted by molar-refractivity contribution is 0.622. The van der Waals surface area contributed by atoms with Gasteiger partial charge in [-0.1, -0.05) is 27.9 Å². The third kappa shape index (κ3) is 4.30. The third-order valence-corrected chi connectivity index (χ3v) is 3.67. The summed E-state index contributed by atoms with van der Waals surface area (Å²) in [6.07, 6.45) is 8.17. The Labute approximate surface area is 84.6 Å². The fraction of sp³-hybridized carbons (Fsp3) is 0.818. The summed E-state index contributed by atoms with van der Waals surface area (Å²) < 4.78 is 0. The normalized spacial score (nSPS) is 19.2. The van der Waals surface area contributed by atoms with Gasteiger partial charge in [0.25, 0.3) is 0 Å². The molecule has 0 bridgehead atoms. The summed E-state index contributed by atoms with van der Waals surface area (Å²) in [7, 11) is 0. The molecular formula is C11H19Br. The number of hydrogen-bond acceptors (Lipinski definition) is 0. The molecule has 12 heavy (non-hydrogen) atoms. The fourth-order valence-corrected chi connectivity index (χ4v) is 2.31. The van der Waals surface area contributed by atoms with Crippen molar-refractivity contribution in [2.45, 2.75) is 50.3 Å². The lowest BCUT2D eigenvalue weighted by atomic mass is 10.1. The van der Waals surface area contributed by atoms with Gasteiger partial charge in [0, 0.05) is 4.83 Å². The van der Waals surface area contributed by atoms with Crippen LogP contribution in [-0.2, 0) is 0 Å². The summed E-state index contributed by atoms with van der Waals surface area (Å²) in [5.41, 5.74) is 1.33. The zero-order chi connectivity index (χ0) is 8.97. The van der Waals surface area contributed by atoms with Gasteiger partial charge in [0.2, 0.25) is 0 Å². The van der Waals surface area contributed by atoms with E-state index in [2.05, 4.69) is 29.4 Å². The fourth-order valence-electron chi connectivity index (χ4n) is 1.46. The standard InChI is InChI=1S/C11H19Br/c1-9(2)5-3-4-6-11(12)10-7-8-10/h10-11H,1,3-8H2,2H3. The van der Waals surface area contributed by atoms with Crippen LogP contribution in [0.4, 0.5) is 0 Å². The van der Waals surface area contributed by atoms with E-state index in [-0.39, 0.29) is 0 Å². The van der Waals surface area contributed by atoms with Crippen molar-refractivity contribution in [2.75, 3.05) is 0 Å². The second-order valence-electron chi connectivity index (χ2n) is 4.06. The number of unbranched alkanes of at least 4 members (excludes halogenated alkanes) is 1. The van der Waals surface area contributed by atoms with Crippen LogP contribution in [0.1, 0.15) is 45.4 Å². The maximum absolute atomic E-state index is 3.91. The van der Waals surface area contributed by atoms with Crippen LogP contribution in [0.15, 0.2) is 12.2 Å². The molecule has 0 aromatic carbocycles. The van der Waals surface area contributed by atoms with E-state index in [1.165, 1.54) is 44.1 Å². The van der Waals surface area contributed by atoms with Gasteiger partial charge < -0.3 is 0 Å². The van der Waals surface area contributed by atoms with Crippen molar-refractivity contribution in [2.24, 2.45) is 5.92 Å². The van der Waals surface area contributed by atoms with Crippen molar-refractivity contribution < 1.29 is 0 Å². The topological polar surface area (TPSA) is 0 Å². The van der Waals surface area contributed by atoms with Crippen molar-refractivity contribution in [3.8, 4) is 0 Å². The van der Waals surface area contributed by atoms with Crippen LogP contribution in [0.3, 0.4) is 0 Å². The molecule has 0 radical (unpaired) electrons. The molecule has 1 aliphatic carbocycles. The van der Waals surface area contributed by atoms with Gasteiger partial charge in [-0.3, -0.25) is 0 Å². The maximum atomic E-state index is 3.91. The molecule has 0 aliphatic heterocycles. The Morgan fingerprint density at radius 2 is 2.17 bits per heavy atom. The monoisotopic (exact) mass is 230 g/mol. The van der Waals surface area contributed by atoms with Crippen molar-refractivity contribution in [3.63, 3.8) is 0 Å². The van der Waals surface area contributed by atoms with E-state index in [1.54, 1.807) is 0 Å². The highest BCUT2D eigenvalue weighted by molar-refractivity contribution is 9.09. The second kappa shape index (κ2) is 5.06. The first kappa shape index (κ1) is 10.3. The molecule has 0 amide bonds. The number of halogens is 1. The first-order valence-corrected chi connectivity index (χ1v) is 5.90. The molecule has 0 saturated heterocycles. The van der Waals surface area contributed by atoms with Crippen molar-refractivity contribution in [1.29, 1.82) is 0 Å². The summed E-state index contributed by atoms with van der Waals surface area (Å²) >= 11 is 3.75. The molecule has 1 rings (SSSR count). The minimum absolute atomic E-state index is 0.808. The Bertz CT molecular complexity index is 147. The van der Waals surface area contributed by atoms with Crippen molar-refractivity contribution in [1.82, 2.24) is 0 Å². The molecule has 0 nitrogen and oxygen atoms in total. The van der Waals surface area contributed by atoms with Gasteiger partial charge >= 0.3 is 0 Å². The minimum Gasteiger partial charge on any atom is -0.100 e. The van der Waals surface area contributed by atoms with Gasteiger partial charge in [-0.05, 0) is 44.9 Å². The molecule has 70 valence electrons. The van der Waals surface area contributed by atoms with Gasteiger partial charge in [0.1, 0.15) is 0 Å². The highest BCUT2D eigenvalue weighted by Gasteiger charge is 2.28. The lowest BCUT2D eigenvalue weighted by Gasteiger charge is -2.06. The molecule has 1 saturated carbocycles. The summed E-state index contributed by atoms with van der Waals surface area (Å²) in [5, 5.41) is 0. The van der Waals surface area contributed by atoms with Crippen LogP contribution in [-0.4, -0.2) is 4.83 Å². The van der Waals surface area contributed by atoms with Crippen LogP contribution in [0, 0.1) is 5.92 Å². The lowest BCUT2D eigenvalue weighted by Crippen LogP contribution is -1.99. The first-order chi connectivity index (χ1) is 5.70. The van der Waals surface area contributed by atoms with Gasteiger partial charge in [0.15, 0.2) is 0 Å². The van der Waals surface area contributed by atoms with E-state index in [9.17, 15) is 0 Å². The molecule has 1 aliphatic rings. The maximum Gasteiger partial charge on any atom is 0.0174 e. The average molecular weight is 231 g/mol. The van der Waals surface area contributed by atoms with Gasteiger partial charge in [-0.2, -0.15) is 0 Å². The SMILES string of the molecule is C=C(C)CCCCC(Br)C1CC1. The quantitative estimate of drug-likeness (QED) is 0.363. The molecule has 0 aromatic heterocycles. The summed E-state index contributed by atoms with van der Waals surface area (Å²) in [6, 6.07) is 0. The Morgan fingerprint density at radius 3 is 2.67 bits per heavy atom. The summed E-state index contributed by atoms with van der Waals surface area (Å²) in [5.74, 6) is 1.01. The van der Waals surface area contributed by atoms with E-state index >= 15 is 0 Å². The van der Waals surface area contributed by atoms with E-state index in [0.29, 0.717) is 0 Å². The number of hydrogen-bond donors (Lipinski definition) is 0. The number of rotatable bonds is 6. The van der Waals surface area contributed by atoms with Crippen LogP contribution in [0.5, 0.6) is 0 Å². The van der Waals surface area contributed by atoms with E-state index in [0.717, 1.165) is 10.7 Å². The first-order valence-electron chi connectivity index (χ1n) is 4.98. The Balaban J connectivity index is 1.90. The molecular weight excluding hydrogens is 212 g/mol. The van der Waals surface area contributed by atoms with Crippen molar-refractivity contribution >= 4 is 15.9 Å². The highest BCUT2D eigenvalue weighted by atomic mass is 79.9. The molecule has 0 spiro atoms. The van der Waals surface area contributed by atoms with Gasteiger partial charge in [-0.25, -0.2) is 0 Å². The van der Waals surface area contributed by atoms with Crippen LogP contribution in [0.25, 0.3) is 0 Å². The number of allylic oxidation sites excluding steroid dienone is 1. The number of alkyl halides is 1. The average Bonchev–Trinajstić information content (AvgIpc) is 2.79. The molecule has 1 heteroatoms. The highest BCUT2D eigenvalue weighted by Crippen LogP contribution is 2.38. The summed E-state index contributed by atoms with van der Waals surface area (Å²) in [6.45, 7) is 6.03. The van der Waals surface area contributed by atoms with Crippen LogP contribution < -0.4 is 0 Å². The zero-order valence-electron chi connectivity index (χ0n) is 7.98. The Morgan fingerprint density at radius 1 is 1.50 bits per heavy atom. The minimum atomic E-state index is 0.808. The third-order valence-electron chi connectivity index (χ3n) is 2.47. The molecule has 0 aromatic rings.